The van der Waals surface area contributed by atoms with Crippen LogP contribution in [0.25, 0.3) is 0 Å². The smallest absolute Gasteiger partial charge is 0.157 e. The van der Waals surface area contributed by atoms with Crippen molar-refractivity contribution in [1.29, 1.82) is 0 Å². The Morgan fingerprint density at radius 1 is 1.53 bits per heavy atom. The highest BCUT2D eigenvalue weighted by atomic mass is 35.5. The maximum Gasteiger partial charge on any atom is 0.157 e. The molecule has 17 heavy (non-hydrogen) atoms. The summed E-state index contributed by atoms with van der Waals surface area (Å²) in [6.07, 6.45) is 5.96. The first-order chi connectivity index (χ1) is 8.38. The average molecular weight is 260 g/mol. The van der Waals surface area contributed by atoms with E-state index in [0.717, 1.165) is 31.6 Å². The number of nitrogens with zero attached hydrogens (tertiary/aromatic N) is 3. The van der Waals surface area contributed by atoms with Gasteiger partial charge in [0.2, 0.25) is 0 Å². The number of alkyl halides is 1. The van der Waals surface area contributed by atoms with Crippen LogP contribution in [0.15, 0.2) is 6.20 Å². The molecule has 1 aliphatic rings. The highest BCUT2D eigenvalue weighted by Crippen LogP contribution is 2.13. The second-order valence-corrected chi connectivity index (χ2v) is 4.46. The molecule has 1 fully saturated rings. The standard InChI is InChI=1S/C11H18ClN3O2/c12-5-4-10-9-15(14-13-10)6-8-17-11-3-1-2-7-16-11/h9,11H,1-8H2. The summed E-state index contributed by atoms with van der Waals surface area (Å²) in [5.74, 6) is 0.575. The minimum atomic E-state index is -0.0328. The summed E-state index contributed by atoms with van der Waals surface area (Å²) in [5.41, 5.74) is 0.925. The molecule has 1 saturated heterocycles. The van der Waals surface area contributed by atoms with E-state index in [-0.39, 0.29) is 6.29 Å². The zero-order valence-electron chi connectivity index (χ0n) is 9.85. The van der Waals surface area contributed by atoms with E-state index in [1.807, 2.05) is 6.20 Å². The molecule has 0 amide bonds. The summed E-state index contributed by atoms with van der Waals surface area (Å²) < 4.78 is 12.9. The largest absolute Gasteiger partial charge is 0.353 e. The number of hydrogen-bond donors (Lipinski definition) is 0. The summed E-state index contributed by atoms with van der Waals surface area (Å²) in [4.78, 5) is 0. The SMILES string of the molecule is ClCCc1cn(CCOC2CCCCO2)nn1. The van der Waals surface area contributed by atoms with E-state index in [2.05, 4.69) is 10.3 Å². The zero-order chi connectivity index (χ0) is 11.9. The summed E-state index contributed by atoms with van der Waals surface area (Å²) in [7, 11) is 0. The Balaban J connectivity index is 1.66. The van der Waals surface area contributed by atoms with Gasteiger partial charge in [0.25, 0.3) is 0 Å². The molecular weight excluding hydrogens is 242 g/mol. The van der Waals surface area contributed by atoms with E-state index in [9.17, 15) is 0 Å². The number of aromatic nitrogens is 3. The number of rotatable bonds is 6. The molecular formula is C11H18ClN3O2. The molecule has 6 heteroatoms. The Morgan fingerprint density at radius 3 is 3.24 bits per heavy atom. The van der Waals surface area contributed by atoms with Crippen LogP contribution < -0.4 is 0 Å². The van der Waals surface area contributed by atoms with E-state index in [1.54, 1.807) is 4.68 Å². The van der Waals surface area contributed by atoms with Gasteiger partial charge in [0, 0.05) is 25.1 Å². The number of halogens is 1. The Labute approximate surface area is 106 Å². The van der Waals surface area contributed by atoms with Crippen molar-refractivity contribution in [3.05, 3.63) is 11.9 Å². The van der Waals surface area contributed by atoms with Crippen LogP contribution in [0.5, 0.6) is 0 Å². The molecule has 96 valence electrons. The van der Waals surface area contributed by atoms with Gasteiger partial charge >= 0.3 is 0 Å². The van der Waals surface area contributed by atoms with Crippen molar-refractivity contribution in [3.8, 4) is 0 Å². The van der Waals surface area contributed by atoms with Crippen LogP contribution >= 0.6 is 11.6 Å². The zero-order valence-corrected chi connectivity index (χ0v) is 10.6. The molecule has 2 heterocycles. The fraction of sp³-hybridized carbons (Fsp3) is 0.818. The first-order valence-electron chi connectivity index (χ1n) is 6.06. The average Bonchev–Trinajstić information content (AvgIpc) is 2.79. The molecule has 0 bridgehead atoms. The molecule has 1 aromatic heterocycles. The second kappa shape index (κ2) is 6.93. The van der Waals surface area contributed by atoms with Crippen LogP contribution in [-0.2, 0) is 22.4 Å². The van der Waals surface area contributed by atoms with Crippen LogP contribution in [0.4, 0.5) is 0 Å². The summed E-state index contributed by atoms with van der Waals surface area (Å²) in [6, 6.07) is 0. The Kier molecular flexibility index (Phi) is 5.22. The maximum atomic E-state index is 5.63. The molecule has 5 nitrogen and oxygen atoms in total. The lowest BCUT2D eigenvalue weighted by Gasteiger charge is -2.22. The molecule has 2 rings (SSSR count). The van der Waals surface area contributed by atoms with Gasteiger partial charge in [-0.3, -0.25) is 0 Å². The molecule has 0 spiro atoms. The lowest BCUT2D eigenvalue weighted by molar-refractivity contribution is -0.163. The summed E-state index contributed by atoms with van der Waals surface area (Å²) in [6.45, 7) is 2.12. The number of aryl methyl sites for hydroxylation is 1. The fourth-order valence-corrected chi connectivity index (χ4v) is 1.97. The molecule has 0 saturated carbocycles. The van der Waals surface area contributed by atoms with Crippen molar-refractivity contribution in [1.82, 2.24) is 15.0 Å². The van der Waals surface area contributed by atoms with Gasteiger partial charge in [0.1, 0.15) is 0 Å². The Hall–Kier alpha value is -0.650. The first kappa shape index (κ1) is 12.8. The van der Waals surface area contributed by atoms with E-state index < -0.39 is 0 Å². The van der Waals surface area contributed by atoms with E-state index in [1.165, 1.54) is 6.42 Å². The molecule has 1 aromatic rings. The van der Waals surface area contributed by atoms with Gasteiger partial charge in [-0.25, -0.2) is 4.68 Å². The van der Waals surface area contributed by atoms with Crippen molar-refractivity contribution >= 4 is 11.6 Å². The highest BCUT2D eigenvalue weighted by molar-refractivity contribution is 6.17. The minimum Gasteiger partial charge on any atom is -0.353 e. The van der Waals surface area contributed by atoms with Gasteiger partial charge in [-0.15, -0.1) is 16.7 Å². The third-order valence-electron chi connectivity index (χ3n) is 2.70. The van der Waals surface area contributed by atoms with E-state index in [4.69, 9.17) is 21.1 Å². The predicted molar refractivity (Wildman–Crippen MR) is 64.0 cm³/mol. The molecule has 0 N–H and O–H groups in total. The quantitative estimate of drug-likeness (QED) is 0.728. The normalized spacial score (nSPS) is 20.6. The van der Waals surface area contributed by atoms with E-state index in [0.29, 0.717) is 19.0 Å². The van der Waals surface area contributed by atoms with Crippen molar-refractivity contribution in [2.75, 3.05) is 19.1 Å². The monoisotopic (exact) mass is 259 g/mol. The predicted octanol–water partition coefficient (Wildman–Crippen LogP) is 1.60. The van der Waals surface area contributed by atoms with Crippen molar-refractivity contribution in [3.63, 3.8) is 0 Å². The molecule has 0 aromatic carbocycles. The molecule has 0 aliphatic carbocycles. The van der Waals surface area contributed by atoms with Gasteiger partial charge in [0.15, 0.2) is 6.29 Å². The van der Waals surface area contributed by atoms with Crippen molar-refractivity contribution in [2.24, 2.45) is 0 Å². The van der Waals surface area contributed by atoms with E-state index >= 15 is 0 Å². The lowest BCUT2D eigenvalue weighted by Crippen LogP contribution is -2.24. The van der Waals surface area contributed by atoms with Gasteiger partial charge in [-0.2, -0.15) is 0 Å². The molecule has 1 atom stereocenters. The van der Waals surface area contributed by atoms with Crippen LogP contribution in [0.2, 0.25) is 0 Å². The summed E-state index contributed by atoms with van der Waals surface area (Å²) in [5, 5.41) is 8.02. The van der Waals surface area contributed by atoms with Gasteiger partial charge in [-0.05, 0) is 19.3 Å². The Morgan fingerprint density at radius 2 is 2.47 bits per heavy atom. The van der Waals surface area contributed by atoms with Crippen molar-refractivity contribution in [2.45, 2.75) is 38.5 Å². The highest BCUT2D eigenvalue weighted by Gasteiger charge is 2.13. The molecule has 1 aliphatic heterocycles. The number of ether oxygens (including phenoxy) is 2. The minimum absolute atomic E-state index is 0.0328. The van der Waals surface area contributed by atoms with Crippen molar-refractivity contribution < 1.29 is 9.47 Å². The fourth-order valence-electron chi connectivity index (χ4n) is 1.78. The number of hydrogen-bond acceptors (Lipinski definition) is 4. The third-order valence-corrected chi connectivity index (χ3v) is 2.89. The third kappa shape index (κ3) is 4.26. The second-order valence-electron chi connectivity index (χ2n) is 4.08. The topological polar surface area (TPSA) is 49.2 Å². The van der Waals surface area contributed by atoms with Crippen LogP contribution in [0.3, 0.4) is 0 Å². The van der Waals surface area contributed by atoms with Crippen LogP contribution in [-0.4, -0.2) is 40.4 Å². The van der Waals surface area contributed by atoms with Gasteiger partial charge in [-0.1, -0.05) is 5.21 Å². The maximum absolute atomic E-state index is 5.63. The summed E-state index contributed by atoms with van der Waals surface area (Å²) >= 11 is 5.63. The van der Waals surface area contributed by atoms with Gasteiger partial charge < -0.3 is 9.47 Å². The van der Waals surface area contributed by atoms with Crippen LogP contribution in [0, 0.1) is 0 Å². The first-order valence-corrected chi connectivity index (χ1v) is 6.60. The Bertz CT molecular complexity index is 326. The van der Waals surface area contributed by atoms with Crippen LogP contribution in [0.1, 0.15) is 25.0 Å². The molecule has 0 radical (unpaired) electrons. The van der Waals surface area contributed by atoms with Gasteiger partial charge in [0.05, 0.1) is 18.8 Å². The molecule has 1 unspecified atom stereocenters. The lowest BCUT2D eigenvalue weighted by atomic mass is 10.2.